The fraction of sp³-hybridized carbons (Fsp3) is 0.476. The van der Waals surface area contributed by atoms with Crippen molar-refractivity contribution in [3.8, 4) is 0 Å². The van der Waals surface area contributed by atoms with Crippen LogP contribution in [0.25, 0.3) is 0 Å². The Balaban J connectivity index is 2.35. The lowest BCUT2D eigenvalue weighted by Crippen LogP contribution is -2.33. The number of carbonyl (C=O) groups is 1. The smallest absolute Gasteiger partial charge is 0.421 e. The summed E-state index contributed by atoms with van der Waals surface area (Å²) in [5.41, 5.74) is 0.934. The molecule has 1 atom stereocenters. The largest absolute Gasteiger partial charge is 0.441 e. The van der Waals surface area contributed by atoms with Gasteiger partial charge in [0.1, 0.15) is 6.10 Å². The van der Waals surface area contributed by atoms with Crippen LogP contribution in [-0.2, 0) is 14.8 Å². The summed E-state index contributed by atoms with van der Waals surface area (Å²) in [6.45, 7) is 9.23. The van der Waals surface area contributed by atoms with E-state index in [1.54, 1.807) is 12.1 Å². The molecule has 1 aromatic carbocycles. The predicted octanol–water partition coefficient (Wildman–Crippen LogP) is 5.27. The lowest BCUT2D eigenvalue weighted by Gasteiger charge is -2.15. The first-order valence-corrected chi connectivity index (χ1v) is 10.9. The molecule has 0 fully saturated rings. The van der Waals surface area contributed by atoms with Gasteiger partial charge in [-0.3, -0.25) is 0 Å². The van der Waals surface area contributed by atoms with Gasteiger partial charge in [0.25, 0.3) is 10.0 Å². The monoisotopic (exact) mass is 393 g/mol. The van der Waals surface area contributed by atoms with Crippen LogP contribution in [0.5, 0.6) is 0 Å². The van der Waals surface area contributed by atoms with Crippen LogP contribution in [0, 0.1) is 6.92 Å². The minimum absolute atomic E-state index is 0.0247. The summed E-state index contributed by atoms with van der Waals surface area (Å²) in [7, 11) is -3.94. The maximum absolute atomic E-state index is 12.2. The lowest BCUT2D eigenvalue weighted by molar-refractivity contribution is 0.120. The molecule has 0 bridgehead atoms. The normalized spacial score (nSPS) is 12.2. The highest BCUT2D eigenvalue weighted by Crippen LogP contribution is 2.13. The Morgan fingerprint density at radius 1 is 1.07 bits per heavy atom. The summed E-state index contributed by atoms with van der Waals surface area (Å²) in [5, 5.41) is 0. The fourth-order valence-electron chi connectivity index (χ4n) is 2.61. The molecule has 0 spiro atoms. The summed E-state index contributed by atoms with van der Waals surface area (Å²) in [4.78, 5) is 12.0. The topological polar surface area (TPSA) is 72.5 Å². The summed E-state index contributed by atoms with van der Waals surface area (Å²) in [5.74, 6) is 0. The van der Waals surface area contributed by atoms with Crippen LogP contribution in [0.3, 0.4) is 0 Å². The summed E-state index contributed by atoms with van der Waals surface area (Å²) < 4.78 is 31.5. The van der Waals surface area contributed by atoms with E-state index in [1.807, 2.05) is 17.7 Å². The van der Waals surface area contributed by atoms with Crippen LogP contribution >= 0.6 is 0 Å². The Hall–Kier alpha value is -2.08. The quantitative estimate of drug-likeness (QED) is 0.366. The lowest BCUT2D eigenvalue weighted by atomic mass is 10.1. The Kier molecular flexibility index (Phi) is 10.5. The zero-order valence-electron chi connectivity index (χ0n) is 16.2. The van der Waals surface area contributed by atoms with Gasteiger partial charge in [0.05, 0.1) is 4.90 Å². The van der Waals surface area contributed by atoms with Gasteiger partial charge in [-0.25, -0.2) is 17.9 Å². The SMILES string of the molecule is C=CCCCCCCCCC(C=C)OC(=O)NS(=O)(=O)c1ccc(C)cc1. The molecule has 0 saturated carbocycles. The number of allylic oxidation sites excluding steroid dienone is 1. The van der Waals surface area contributed by atoms with Crippen molar-refractivity contribution in [1.82, 2.24) is 4.72 Å². The molecule has 0 aliphatic rings. The van der Waals surface area contributed by atoms with Crippen LogP contribution in [0.15, 0.2) is 54.5 Å². The molecule has 1 aromatic rings. The van der Waals surface area contributed by atoms with Crippen molar-refractivity contribution in [3.05, 3.63) is 55.1 Å². The van der Waals surface area contributed by atoms with Crippen LogP contribution in [-0.4, -0.2) is 20.6 Å². The number of carbonyl (C=O) groups excluding carboxylic acids is 1. The van der Waals surface area contributed by atoms with Crippen molar-refractivity contribution < 1.29 is 17.9 Å². The third-order valence-corrected chi connectivity index (χ3v) is 5.55. The number of aryl methyl sites for hydroxylation is 1. The standard InChI is InChI=1S/C21H31NO4S/c1-4-6-7-8-9-10-11-12-13-19(5-2)26-21(23)22-27(24,25)20-16-14-18(3)15-17-20/h4-5,14-17,19H,1-2,6-13H2,3H3,(H,22,23). The van der Waals surface area contributed by atoms with Gasteiger partial charge in [-0.15, -0.1) is 6.58 Å². The molecule has 1 rings (SSSR count). The molecule has 1 unspecified atom stereocenters. The Morgan fingerprint density at radius 3 is 2.26 bits per heavy atom. The number of rotatable bonds is 13. The number of benzene rings is 1. The third kappa shape index (κ3) is 9.43. The molecule has 1 amide bonds. The summed E-state index contributed by atoms with van der Waals surface area (Å²) in [6.07, 6.45) is 10.3. The van der Waals surface area contributed by atoms with Crippen molar-refractivity contribution in [2.24, 2.45) is 0 Å². The van der Waals surface area contributed by atoms with Crippen molar-refractivity contribution in [3.63, 3.8) is 0 Å². The Labute approximate surface area is 163 Å². The van der Waals surface area contributed by atoms with Gasteiger partial charge in [0.2, 0.25) is 0 Å². The number of hydrogen-bond acceptors (Lipinski definition) is 4. The first-order chi connectivity index (χ1) is 12.9. The molecule has 150 valence electrons. The second-order valence-electron chi connectivity index (χ2n) is 6.59. The first-order valence-electron chi connectivity index (χ1n) is 9.42. The van der Waals surface area contributed by atoms with Crippen LogP contribution < -0.4 is 4.72 Å². The Morgan fingerprint density at radius 2 is 1.67 bits per heavy atom. The van der Waals surface area contributed by atoms with Crippen molar-refractivity contribution in [1.29, 1.82) is 0 Å². The number of unbranched alkanes of at least 4 members (excludes halogenated alkanes) is 6. The average Bonchev–Trinajstić information content (AvgIpc) is 2.62. The molecule has 0 saturated heterocycles. The number of amides is 1. The zero-order chi connectivity index (χ0) is 20.1. The molecule has 0 radical (unpaired) electrons. The highest BCUT2D eigenvalue weighted by atomic mass is 32.2. The van der Waals surface area contributed by atoms with Gasteiger partial charge in [0.15, 0.2) is 0 Å². The molecule has 1 N–H and O–H groups in total. The van der Waals surface area contributed by atoms with Crippen LogP contribution in [0.2, 0.25) is 0 Å². The molecular weight excluding hydrogens is 362 g/mol. The summed E-state index contributed by atoms with van der Waals surface area (Å²) >= 11 is 0. The van der Waals surface area contributed by atoms with Gasteiger partial charge >= 0.3 is 6.09 Å². The highest BCUT2D eigenvalue weighted by molar-refractivity contribution is 7.90. The number of hydrogen-bond donors (Lipinski definition) is 1. The number of ether oxygens (including phenoxy) is 1. The summed E-state index contributed by atoms with van der Waals surface area (Å²) in [6, 6.07) is 6.24. The molecule has 0 aromatic heterocycles. The fourth-order valence-corrected chi connectivity index (χ4v) is 3.49. The van der Waals surface area contributed by atoms with E-state index in [0.29, 0.717) is 6.42 Å². The van der Waals surface area contributed by atoms with Crippen LogP contribution in [0.1, 0.15) is 56.9 Å². The molecule has 0 aliphatic carbocycles. The second kappa shape index (κ2) is 12.3. The van der Waals surface area contributed by atoms with E-state index in [-0.39, 0.29) is 4.90 Å². The Bertz CT molecular complexity index is 695. The van der Waals surface area contributed by atoms with Crippen LogP contribution in [0.4, 0.5) is 4.79 Å². The van der Waals surface area contributed by atoms with E-state index < -0.39 is 22.2 Å². The maximum Gasteiger partial charge on any atom is 0.421 e. The average molecular weight is 394 g/mol. The van der Waals surface area contributed by atoms with Crippen molar-refractivity contribution in [2.75, 3.05) is 0 Å². The molecule has 0 aliphatic heterocycles. The minimum atomic E-state index is -3.94. The molecule has 27 heavy (non-hydrogen) atoms. The first kappa shape index (κ1) is 23.0. The minimum Gasteiger partial charge on any atom is -0.441 e. The van der Waals surface area contributed by atoms with Gasteiger partial charge in [-0.2, -0.15) is 0 Å². The predicted molar refractivity (Wildman–Crippen MR) is 109 cm³/mol. The van der Waals surface area contributed by atoms with Gasteiger partial charge in [-0.1, -0.05) is 62.1 Å². The van der Waals surface area contributed by atoms with Crippen molar-refractivity contribution in [2.45, 2.75) is 69.3 Å². The number of nitrogens with one attached hydrogen (secondary N) is 1. The maximum atomic E-state index is 12.2. The van der Waals surface area contributed by atoms with E-state index in [4.69, 9.17) is 4.74 Å². The van der Waals surface area contributed by atoms with Gasteiger partial charge in [0, 0.05) is 0 Å². The molecule has 0 heterocycles. The van der Waals surface area contributed by atoms with Gasteiger partial charge in [-0.05, 0) is 44.7 Å². The van der Waals surface area contributed by atoms with E-state index >= 15 is 0 Å². The third-order valence-electron chi connectivity index (χ3n) is 4.22. The molecular formula is C21H31NO4S. The molecule has 5 nitrogen and oxygen atoms in total. The van der Waals surface area contributed by atoms with E-state index in [9.17, 15) is 13.2 Å². The highest BCUT2D eigenvalue weighted by Gasteiger charge is 2.20. The zero-order valence-corrected chi connectivity index (χ0v) is 17.0. The second-order valence-corrected chi connectivity index (χ2v) is 8.27. The van der Waals surface area contributed by atoms with E-state index in [0.717, 1.165) is 31.2 Å². The molecule has 6 heteroatoms. The van der Waals surface area contributed by atoms with E-state index in [1.165, 1.54) is 37.5 Å². The van der Waals surface area contributed by atoms with Crippen molar-refractivity contribution >= 4 is 16.1 Å². The van der Waals surface area contributed by atoms with E-state index in [2.05, 4.69) is 13.2 Å². The number of sulfonamides is 1. The van der Waals surface area contributed by atoms with Gasteiger partial charge < -0.3 is 4.74 Å².